The van der Waals surface area contributed by atoms with Crippen LogP contribution >= 0.6 is 11.3 Å². The van der Waals surface area contributed by atoms with Crippen LogP contribution in [0.25, 0.3) is 11.0 Å². The lowest BCUT2D eigenvalue weighted by molar-refractivity contribution is -0.384. The van der Waals surface area contributed by atoms with Gasteiger partial charge in [0, 0.05) is 22.4 Å². The highest BCUT2D eigenvalue weighted by molar-refractivity contribution is 7.16. The molecule has 2 heterocycles. The fourth-order valence-corrected chi connectivity index (χ4v) is 3.53. The maximum atomic E-state index is 12.7. The number of hydrogen-bond donors (Lipinski definition) is 2. The van der Waals surface area contributed by atoms with Gasteiger partial charge >= 0.3 is 5.97 Å². The molecule has 0 atom stereocenters. The molecule has 144 valence electrons. The third kappa shape index (κ3) is 3.62. The molecule has 2 aromatic heterocycles. The molecule has 2 N–H and O–H groups in total. The number of carbonyl (C=O) groups excluding carboxylic acids is 2. The van der Waals surface area contributed by atoms with Crippen LogP contribution in [0.5, 0.6) is 0 Å². The van der Waals surface area contributed by atoms with Crippen molar-refractivity contribution in [2.75, 3.05) is 12.4 Å². The quantitative estimate of drug-likeness (QED) is 0.382. The lowest BCUT2D eigenvalue weighted by atomic mass is 10.1. The summed E-state index contributed by atoms with van der Waals surface area (Å²) in [6.45, 7) is 1.91. The van der Waals surface area contributed by atoms with E-state index < -0.39 is 22.4 Å². The van der Waals surface area contributed by atoms with Crippen molar-refractivity contribution >= 4 is 44.9 Å². The van der Waals surface area contributed by atoms with Crippen molar-refractivity contribution in [2.45, 2.75) is 13.3 Å². The molecule has 3 aromatic rings. The number of nitrogens with one attached hydrogen (secondary N) is 2. The van der Waals surface area contributed by atoms with E-state index in [4.69, 9.17) is 14.6 Å². The SMILES string of the molecule is CCc1cc(C(=O)OC)c(NC(=O)c2cc3cc([N+](=O)[O-])ccc3oc2=N)s1. The second kappa shape index (κ2) is 7.61. The molecule has 10 heteroatoms. The molecule has 0 fully saturated rings. The first kappa shape index (κ1) is 19.2. The standard InChI is InChI=1S/C18H15N3O6S/c1-3-11-8-13(18(23)26-2)17(28-11)20-16(22)12-7-9-6-10(21(24)25)4-5-14(9)27-15(12)19/h4-8,19H,3H2,1-2H3,(H,20,22). The molecule has 0 radical (unpaired) electrons. The minimum atomic E-state index is -0.670. The predicted octanol–water partition coefficient (Wildman–Crippen LogP) is 3.48. The molecule has 0 saturated heterocycles. The number of nitro groups is 1. The van der Waals surface area contributed by atoms with Gasteiger partial charge in [-0.2, -0.15) is 0 Å². The van der Waals surface area contributed by atoms with Crippen molar-refractivity contribution in [2.24, 2.45) is 0 Å². The van der Waals surface area contributed by atoms with E-state index >= 15 is 0 Å². The molecule has 28 heavy (non-hydrogen) atoms. The zero-order chi connectivity index (χ0) is 20.4. The molecule has 0 bridgehead atoms. The van der Waals surface area contributed by atoms with Crippen LogP contribution in [-0.4, -0.2) is 23.9 Å². The Bertz CT molecular complexity index is 1160. The average molecular weight is 401 g/mol. The summed E-state index contributed by atoms with van der Waals surface area (Å²) >= 11 is 1.23. The highest BCUT2D eigenvalue weighted by atomic mass is 32.1. The molecular formula is C18H15N3O6S. The number of benzene rings is 1. The summed E-state index contributed by atoms with van der Waals surface area (Å²) in [6, 6.07) is 6.87. The van der Waals surface area contributed by atoms with Crippen molar-refractivity contribution in [1.29, 1.82) is 5.41 Å². The van der Waals surface area contributed by atoms with E-state index in [1.807, 2.05) is 6.92 Å². The van der Waals surface area contributed by atoms with Gasteiger partial charge in [-0.05, 0) is 24.6 Å². The van der Waals surface area contributed by atoms with Gasteiger partial charge in [0.15, 0.2) is 0 Å². The smallest absolute Gasteiger partial charge is 0.340 e. The van der Waals surface area contributed by atoms with Crippen LogP contribution < -0.4 is 10.9 Å². The highest BCUT2D eigenvalue weighted by Gasteiger charge is 2.20. The van der Waals surface area contributed by atoms with Crippen molar-refractivity contribution in [3.05, 3.63) is 62.0 Å². The molecule has 3 rings (SSSR count). The largest absolute Gasteiger partial charge is 0.465 e. The van der Waals surface area contributed by atoms with E-state index in [1.165, 1.54) is 42.7 Å². The Morgan fingerprint density at radius 3 is 2.68 bits per heavy atom. The number of hydrogen-bond acceptors (Lipinski definition) is 8. The van der Waals surface area contributed by atoms with Crippen molar-refractivity contribution in [3.8, 4) is 0 Å². The van der Waals surface area contributed by atoms with Crippen LogP contribution in [0.4, 0.5) is 10.7 Å². The summed E-state index contributed by atoms with van der Waals surface area (Å²) in [5.74, 6) is -1.26. The normalized spacial score (nSPS) is 10.6. The Balaban J connectivity index is 2.01. The first-order valence-corrected chi connectivity index (χ1v) is 8.95. The molecule has 0 aliphatic rings. The number of esters is 1. The van der Waals surface area contributed by atoms with Gasteiger partial charge in [-0.25, -0.2) is 4.79 Å². The van der Waals surface area contributed by atoms with E-state index in [9.17, 15) is 19.7 Å². The van der Waals surface area contributed by atoms with Crippen molar-refractivity contribution in [1.82, 2.24) is 0 Å². The van der Waals surface area contributed by atoms with Crippen LogP contribution in [-0.2, 0) is 11.2 Å². The summed E-state index contributed by atoms with van der Waals surface area (Å²) in [4.78, 5) is 35.9. The summed E-state index contributed by atoms with van der Waals surface area (Å²) in [6.07, 6.45) is 0.670. The Hall–Kier alpha value is -3.53. The Kier molecular flexibility index (Phi) is 5.23. The van der Waals surface area contributed by atoms with Gasteiger partial charge in [-0.1, -0.05) is 6.92 Å². The summed E-state index contributed by atoms with van der Waals surface area (Å²) < 4.78 is 10.0. The number of thiophene rings is 1. The van der Waals surface area contributed by atoms with E-state index in [-0.39, 0.29) is 22.4 Å². The maximum Gasteiger partial charge on any atom is 0.340 e. The van der Waals surface area contributed by atoms with Gasteiger partial charge in [0.05, 0.1) is 17.6 Å². The molecule has 1 amide bonds. The third-order valence-electron chi connectivity index (χ3n) is 3.97. The first-order chi connectivity index (χ1) is 13.3. The van der Waals surface area contributed by atoms with Crippen LogP contribution in [0.2, 0.25) is 0 Å². The number of methoxy groups -OCH3 is 1. The molecule has 0 spiro atoms. The van der Waals surface area contributed by atoms with Gasteiger partial charge in [0.2, 0.25) is 5.55 Å². The number of anilines is 1. The molecule has 0 aliphatic heterocycles. The van der Waals surface area contributed by atoms with E-state index in [1.54, 1.807) is 6.07 Å². The van der Waals surface area contributed by atoms with Gasteiger partial charge in [0.1, 0.15) is 16.1 Å². The van der Waals surface area contributed by atoms with Crippen LogP contribution in [0, 0.1) is 15.5 Å². The number of rotatable bonds is 5. The number of non-ortho nitro benzene ring substituents is 1. The number of aryl methyl sites for hydroxylation is 1. The molecule has 1 aromatic carbocycles. The lowest BCUT2D eigenvalue weighted by Crippen LogP contribution is -2.21. The zero-order valence-corrected chi connectivity index (χ0v) is 15.7. The molecular weight excluding hydrogens is 386 g/mol. The highest BCUT2D eigenvalue weighted by Crippen LogP contribution is 2.30. The Labute approximate surface area is 162 Å². The topological polar surface area (TPSA) is 136 Å². The fraction of sp³-hybridized carbons (Fsp3) is 0.167. The van der Waals surface area contributed by atoms with Gasteiger partial charge in [0.25, 0.3) is 11.6 Å². The minimum Gasteiger partial charge on any atom is -0.465 e. The van der Waals surface area contributed by atoms with E-state index in [2.05, 4.69) is 5.32 Å². The summed E-state index contributed by atoms with van der Waals surface area (Å²) in [5.41, 5.74) is -0.212. The molecule has 9 nitrogen and oxygen atoms in total. The number of nitro benzene ring substituents is 1. The first-order valence-electron chi connectivity index (χ1n) is 8.13. The number of nitrogens with zero attached hydrogens (tertiary/aromatic N) is 1. The monoisotopic (exact) mass is 401 g/mol. The van der Waals surface area contributed by atoms with Gasteiger partial charge in [-0.3, -0.25) is 20.3 Å². The second-order valence-electron chi connectivity index (χ2n) is 5.72. The van der Waals surface area contributed by atoms with E-state index in [0.29, 0.717) is 16.8 Å². The van der Waals surface area contributed by atoms with Gasteiger partial charge < -0.3 is 14.5 Å². The minimum absolute atomic E-state index is 0.115. The number of amides is 1. The number of fused-ring (bicyclic) bond motifs is 1. The Morgan fingerprint density at radius 2 is 2.04 bits per heavy atom. The van der Waals surface area contributed by atoms with Crippen LogP contribution in [0.15, 0.2) is 34.7 Å². The van der Waals surface area contributed by atoms with Gasteiger partial charge in [-0.15, -0.1) is 11.3 Å². The number of ether oxygens (including phenoxy) is 1. The Morgan fingerprint density at radius 1 is 1.29 bits per heavy atom. The van der Waals surface area contributed by atoms with Crippen LogP contribution in [0.1, 0.15) is 32.5 Å². The second-order valence-corrected chi connectivity index (χ2v) is 6.86. The third-order valence-corrected chi connectivity index (χ3v) is 5.16. The molecule has 0 saturated carbocycles. The van der Waals surface area contributed by atoms with Crippen LogP contribution in [0.3, 0.4) is 0 Å². The zero-order valence-electron chi connectivity index (χ0n) is 14.9. The van der Waals surface area contributed by atoms with Crippen molar-refractivity contribution in [3.63, 3.8) is 0 Å². The fourth-order valence-electron chi connectivity index (χ4n) is 2.55. The summed E-state index contributed by atoms with van der Waals surface area (Å²) in [7, 11) is 1.24. The average Bonchev–Trinajstić information content (AvgIpc) is 3.09. The van der Waals surface area contributed by atoms with E-state index in [0.717, 1.165) is 4.88 Å². The molecule has 0 unspecified atom stereocenters. The number of carbonyl (C=O) groups is 2. The van der Waals surface area contributed by atoms with Crippen molar-refractivity contribution < 1.29 is 23.7 Å². The lowest BCUT2D eigenvalue weighted by Gasteiger charge is -2.06. The summed E-state index contributed by atoms with van der Waals surface area (Å²) in [5, 5.41) is 22.1. The predicted molar refractivity (Wildman–Crippen MR) is 102 cm³/mol. The molecule has 0 aliphatic carbocycles. The maximum absolute atomic E-state index is 12.7.